The van der Waals surface area contributed by atoms with Crippen molar-refractivity contribution in [3.05, 3.63) is 35.6 Å². The molecule has 2 rings (SSSR count). The first-order valence-corrected chi connectivity index (χ1v) is 3.72. The summed E-state index contributed by atoms with van der Waals surface area (Å²) in [5, 5.41) is 9.39. The lowest BCUT2D eigenvalue weighted by Gasteiger charge is -1.87. The SMILES string of the molecule is N#Cc1ccc2oc(C=O)cc2c1. The molecule has 0 N–H and O–H groups in total. The zero-order valence-corrected chi connectivity index (χ0v) is 6.65. The molecule has 13 heavy (non-hydrogen) atoms. The largest absolute Gasteiger partial charge is 0.453 e. The molecule has 3 heteroatoms. The van der Waals surface area contributed by atoms with E-state index in [-0.39, 0.29) is 5.76 Å². The molecule has 0 aliphatic carbocycles. The molecular weight excluding hydrogens is 166 g/mol. The molecule has 0 bridgehead atoms. The molecule has 0 saturated carbocycles. The van der Waals surface area contributed by atoms with E-state index in [1.54, 1.807) is 24.3 Å². The van der Waals surface area contributed by atoms with E-state index in [9.17, 15) is 4.79 Å². The van der Waals surface area contributed by atoms with Crippen molar-refractivity contribution in [1.29, 1.82) is 5.26 Å². The Hall–Kier alpha value is -2.08. The van der Waals surface area contributed by atoms with Crippen LogP contribution in [0.4, 0.5) is 0 Å². The molecule has 62 valence electrons. The van der Waals surface area contributed by atoms with Crippen LogP contribution in [0.2, 0.25) is 0 Å². The van der Waals surface area contributed by atoms with Crippen LogP contribution in [-0.4, -0.2) is 6.29 Å². The summed E-state index contributed by atoms with van der Waals surface area (Å²) < 4.78 is 5.14. The van der Waals surface area contributed by atoms with Crippen molar-refractivity contribution < 1.29 is 9.21 Å². The second kappa shape index (κ2) is 2.76. The molecule has 0 radical (unpaired) electrons. The number of benzene rings is 1. The lowest BCUT2D eigenvalue weighted by atomic mass is 10.2. The molecule has 0 aliphatic heterocycles. The van der Waals surface area contributed by atoms with Gasteiger partial charge in [-0.1, -0.05) is 0 Å². The molecule has 0 atom stereocenters. The van der Waals surface area contributed by atoms with Crippen LogP contribution in [0.25, 0.3) is 11.0 Å². The minimum Gasteiger partial charge on any atom is -0.453 e. The molecule has 1 aromatic carbocycles. The number of carbonyl (C=O) groups is 1. The van der Waals surface area contributed by atoms with Crippen LogP contribution in [0.3, 0.4) is 0 Å². The predicted molar refractivity (Wildman–Crippen MR) is 46.3 cm³/mol. The number of fused-ring (bicyclic) bond motifs is 1. The van der Waals surface area contributed by atoms with Gasteiger partial charge in [-0.2, -0.15) is 5.26 Å². The third kappa shape index (κ3) is 1.18. The van der Waals surface area contributed by atoms with Crippen molar-refractivity contribution in [2.75, 3.05) is 0 Å². The second-order valence-electron chi connectivity index (χ2n) is 2.63. The average molecular weight is 171 g/mol. The van der Waals surface area contributed by atoms with Gasteiger partial charge in [-0.3, -0.25) is 4.79 Å². The van der Waals surface area contributed by atoms with Crippen LogP contribution in [0.15, 0.2) is 28.7 Å². The fraction of sp³-hybridized carbons (Fsp3) is 0. The third-order valence-electron chi connectivity index (χ3n) is 1.78. The van der Waals surface area contributed by atoms with Gasteiger partial charge in [0.05, 0.1) is 11.6 Å². The van der Waals surface area contributed by atoms with Gasteiger partial charge in [0, 0.05) is 5.39 Å². The van der Waals surface area contributed by atoms with Crippen molar-refractivity contribution in [1.82, 2.24) is 0 Å². The maximum Gasteiger partial charge on any atom is 0.185 e. The number of hydrogen-bond acceptors (Lipinski definition) is 3. The van der Waals surface area contributed by atoms with Gasteiger partial charge in [0.25, 0.3) is 0 Å². The Morgan fingerprint density at radius 2 is 2.23 bits per heavy atom. The zero-order valence-electron chi connectivity index (χ0n) is 6.65. The van der Waals surface area contributed by atoms with Gasteiger partial charge < -0.3 is 4.42 Å². The first kappa shape index (κ1) is 7.56. The number of nitrogens with zero attached hydrogens (tertiary/aromatic N) is 1. The highest BCUT2D eigenvalue weighted by Crippen LogP contribution is 2.19. The third-order valence-corrected chi connectivity index (χ3v) is 1.78. The predicted octanol–water partition coefficient (Wildman–Crippen LogP) is 2.12. The summed E-state index contributed by atoms with van der Waals surface area (Å²) in [7, 11) is 0. The Morgan fingerprint density at radius 3 is 2.92 bits per heavy atom. The second-order valence-corrected chi connectivity index (χ2v) is 2.63. The minimum atomic E-state index is 0.282. The summed E-state index contributed by atoms with van der Waals surface area (Å²) in [6.07, 6.45) is 0.645. The molecular formula is C10H5NO2. The normalized spacial score (nSPS) is 9.77. The highest BCUT2D eigenvalue weighted by Gasteiger charge is 2.02. The number of nitriles is 1. The standard InChI is InChI=1S/C10H5NO2/c11-5-7-1-2-10-8(3-7)4-9(6-12)13-10/h1-4,6H. The first-order valence-electron chi connectivity index (χ1n) is 3.72. The fourth-order valence-electron chi connectivity index (χ4n) is 1.19. The topological polar surface area (TPSA) is 54.0 Å². The van der Waals surface area contributed by atoms with E-state index in [1.807, 2.05) is 6.07 Å². The number of aldehydes is 1. The molecule has 3 nitrogen and oxygen atoms in total. The monoisotopic (exact) mass is 171 g/mol. The van der Waals surface area contributed by atoms with E-state index < -0.39 is 0 Å². The molecule has 1 aromatic heterocycles. The van der Waals surface area contributed by atoms with Crippen molar-refractivity contribution in [2.24, 2.45) is 0 Å². The molecule has 0 amide bonds. The van der Waals surface area contributed by atoms with Crippen LogP contribution in [0, 0.1) is 11.3 Å². The summed E-state index contributed by atoms with van der Waals surface area (Å²) in [4.78, 5) is 10.4. The number of carbonyl (C=O) groups excluding carboxylic acids is 1. The Labute approximate surface area is 74.2 Å². The summed E-state index contributed by atoms with van der Waals surface area (Å²) in [5.41, 5.74) is 1.19. The Balaban J connectivity index is 2.72. The van der Waals surface area contributed by atoms with Crippen molar-refractivity contribution >= 4 is 17.3 Å². The van der Waals surface area contributed by atoms with E-state index in [1.165, 1.54) is 0 Å². The highest BCUT2D eigenvalue weighted by atomic mass is 16.3. The van der Waals surface area contributed by atoms with Gasteiger partial charge in [0.1, 0.15) is 5.58 Å². The van der Waals surface area contributed by atoms with E-state index in [2.05, 4.69) is 0 Å². The van der Waals surface area contributed by atoms with Crippen LogP contribution in [0.1, 0.15) is 16.1 Å². The Kier molecular flexibility index (Phi) is 1.60. The van der Waals surface area contributed by atoms with Crippen molar-refractivity contribution in [2.45, 2.75) is 0 Å². The fourth-order valence-corrected chi connectivity index (χ4v) is 1.19. The van der Waals surface area contributed by atoms with E-state index in [4.69, 9.17) is 9.68 Å². The molecule has 0 fully saturated rings. The maximum atomic E-state index is 10.4. The van der Waals surface area contributed by atoms with Gasteiger partial charge in [-0.05, 0) is 24.3 Å². The summed E-state index contributed by atoms with van der Waals surface area (Å²) >= 11 is 0. The quantitative estimate of drug-likeness (QED) is 0.617. The summed E-state index contributed by atoms with van der Waals surface area (Å²) in [6.45, 7) is 0. The van der Waals surface area contributed by atoms with Crippen LogP contribution in [0.5, 0.6) is 0 Å². The highest BCUT2D eigenvalue weighted by molar-refractivity contribution is 5.85. The molecule has 0 aliphatic rings. The molecule has 1 heterocycles. The van der Waals surface area contributed by atoms with Crippen LogP contribution < -0.4 is 0 Å². The molecule has 0 spiro atoms. The summed E-state index contributed by atoms with van der Waals surface area (Å²) in [5.74, 6) is 0.282. The van der Waals surface area contributed by atoms with Gasteiger partial charge in [0.2, 0.25) is 0 Å². The number of rotatable bonds is 1. The first-order chi connectivity index (χ1) is 6.33. The van der Waals surface area contributed by atoms with Gasteiger partial charge >= 0.3 is 0 Å². The summed E-state index contributed by atoms with van der Waals surface area (Å²) in [6, 6.07) is 8.65. The van der Waals surface area contributed by atoms with Gasteiger partial charge in [-0.25, -0.2) is 0 Å². The van der Waals surface area contributed by atoms with Crippen molar-refractivity contribution in [3.8, 4) is 6.07 Å². The van der Waals surface area contributed by atoms with E-state index in [0.717, 1.165) is 5.39 Å². The van der Waals surface area contributed by atoms with Gasteiger partial charge in [-0.15, -0.1) is 0 Å². The lowest BCUT2D eigenvalue weighted by molar-refractivity contribution is 0.110. The number of furan rings is 1. The number of hydrogen-bond donors (Lipinski definition) is 0. The Bertz CT molecular complexity index is 505. The van der Waals surface area contributed by atoms with Gasteiger partial charge in [0.15, 0.2) is 12.0 Å². The van der Waals surface area contributed by atoms with E-state index in [0.29, 0.717) is 17.4 Å². The van der Waals surface area contributed by atoms with Crippen LogP contribution >= 0.6 is 0 Å². The molecule has 2 aromatic rings. The average Bonchev–Trinajstić information content (AvgIpc) is 2.58. The minimum absolute atomic E-state index is 0.282. The van der Waals surface area contributed by atoms with Crippen molar-refractivity contribution in [3.63, 3.8) is 0 Å². The zero-order chi connectivity index (χ0) is 9.26. The van der Waals surface area contributed by atoms with Crippen LogP contribution in [-0.2, 0) is 0 Å². The smallest absolute Gasteiger partial charge is 0.185 e. The molecule has 0 unspecified atom stereocenters. The maximum absolute atomic E-state index is 10.4. The lowest BCUT2D eigenvalue weighted by Crippen LogP contribution is -1.70. The Morgan fingerprint density at radius 1 is 1.38 bits per heavy atom. The molecule has 0 saturated heterocycles. The van der Waals surface area contributed by atoms with E-state index >= 15 is 0 Å².